The molecule has 0 saturated carbocycles. The van der Waals surface area contributed by atoms with Gasteiger partial charge in [-0.05, 0) is 86.2 Å². The minimum absolute atomic E-state index is 0. The van der Waals surface area contributed by atoms with E-state index in [2.05, 4.69) is 103 Å². The van der Waals surface area contributed by atoms with E-state index >= 15 is 0 Å². The van der Waals surface area contributed by atoms with Gasteiger partial charge in [-0.2, -0.15) is 25.7 Å². The zero-order valence-corrected chi connectivity index (χ0v) is 36.8. The van der Waals surface area contributed by atoms with Crippen LogP contribution >= 0.6 is 0 Å². The van der Waals surface area contributed by atoms with E-state index < -0.39 is 11.7 Å². The summed E-state index contributed by atoms with van der Waals surface area (Å²) in [5.74, 6) is 0.898. The number of imidazole rings is 1. The second kappa shape index (κ2) is 15.5. The molecule has 4 aromatic heterocycles. The number of nitrogens with zero attached hydrogens (tertiary/aromatic N) is 5. The molecule has 0 fully saturated rings. The van der Waals surface area contributed by atoms with E-state index in [1.165, 1.54) is 11.8 Å². The van der Waals surface area contributed by atoms with Gasteiger partial charge in [-0.15, -0.1) is 22.7 Å². The number of rotatable bonds is 6. The van der Waals surface area contributed by atoms with Gasteiger partial charge < -0.3 is 17.0 Å². The molecule has 7 aromatic carbocycles. The van der Waals surface area contributed by atoms with Gasteiger partial charge in [0, 0.05) is 49.4 Å². The number of para-hydroxylation sites is 4. The van der Waals surface area contributed by atoms with Crippen LogP contribution in [-0.2, 0) is 32.7 Å². The molecule has 314 valence electrons. The molecule has 0 atom stereocenters. The van der Waals surface area contributed by atoms with Gasteiger partial charge in [-0.25, -0.2) is 9.97 Å². The standard InChI is InChI=1S/C53H36F3N5.CH3.Pt/c1-32-37(25-26-41-39-20-11-13-23-45(39)61(50(32)41)47-31-34(27-28-57-47)53(54,55)56)40-21-14-24-46-49(40)59-51(60(46)36-17-8-5-9-18-36)43-30-35(52(2,3)33-15-6-4-7-16-33)29-42-38-19-10-12-22-44(38)58-48(42)43;;/h4-31H,1H2,2-3H3;1H3;/q-2;-1;. The van der Waals surface area contributed by atoms with Crippen molar-refractivity contribution in [3.8, 4) is 34.0 Å². The van der Waals surface area contributed by atoms with Gasteiger partial charge in [0.25, 0.3) is 0 Å². The van der Waals surface area contributed by atoms with Crippen LogP contribution in [0.4, 0.5) is 13.2 Å². The summed E-state index contributed by atoms with van der Waals surface area (Å²) in [5.41, 5.74) is 10.2. The van der Waals surface area contributed by atoms with E-state index in [9.17, 15) is 13.2 Å². The largest absolute Gasteiger partial charge is 0.656 e. The summed E-state index contributed by atoms with van der Waals surface area (Å²) >= 11 is 0. The topological polar surface area (TPSA) is 49.7 Å². The molecule has 0 aliphatic rings. The van der Waals surface area contributed by atoms with E-state index in [4.69, 9.17) is 9.97 Å². The van der Waals surface area contributed by atoms with Crippen molar-refractivity contribution in [1.82, 2.24) is 24.1 Å². The van der Waals surface area contributed by atoms with E-state index in [0.29, 0.717) is 11.1 Å². The molecule has 0 saturated heterocycles. The van der Waals surface area contributed by atoms with Crippen LogP contribution in [0.1, 0.15) is 36.1 Å². The van der Waals surface area contributed by atoms with Crippen LogP contribution in [0.15, 0.2) is 170 Å². The average molecular weight is 1010 g/mol. The first-order valence-electron chi connectivity index (χ1n) is 20.1. The van der Waals surface area contributed by atoms with Gasteiger partial charge >= 0.3 is 6.18 Å². The van der Waals surface area contributed by atoms with E-state index in [0.717, 1.165) is 95.0 Å². The number of hydrogen-bond acceptors (Lipinski definition) is 2. The fourth-order valence-electron chi connectivity index (χ4n) is 9.10. The molecular weight excluding hydrogens is 971 g/mol. The molecule has 9 heteroatoms. The number of pyridine rings is 1. The van der Waals surface area contributed by atoms with Crippen LogP contribution in [0.2, 0.25) is 0 Å². The van der Waals surface area contributed by atoms with Gasteiger partial charge in [-0.3, -0.25) is 4.57 Å². The third-order valence-corrected chi connectivity index (χ3v) is 12.2. The van der Waals surface area contributed by atoms with E-state index in [-0.39, 0.29) is 39.7 Å². The predicted octanol–water partition coefficient (Wildman–Crippen LogP) is 14.1. The number of hydrogen-bond donors (Lipinski definition) is 0. The molecule has 0 aliphatic carbocycles. The first kappa shape index (κ1) is 41.5. The number of halogens is 3. The molecule has 11 rings (SSSR count). The first-order valence-corrected chi connectivity index (χ1v) is 20.1. The summed E-state index contributed by atoms with van der Waals surface area (Å²) in [4.78, 5) is 15.3. The fraction of sp³-hybridized carbons (Fsp3) is 0.0741. The molecule has 0 unspecified atom stereocenters. The van der Waals surface area contributed by atoms with Gasteiger partial charge in [0.2, 0.25) is 0 Å². The Morgan fingerprint density at radius 2 is 1.25 bits per heavy atom. The van der Waals surface area contributed by atoms with Gasteiger partial charge in [0.15, 0.2) is 0 Å². The second-order valence-electron chi connectivity index (χ2n) is 16.1. The summed E-state index contributed by atoms with van der Waals surface area (Å²) in [6.07, 6.45) is -3.33. The normalized spacial score (nSPS) is 12.0. The maximum atomic E-state index is 14.1. The van der Waals surface area contributed by atoms with Crippen LogP contribution in [0.25, 0.3) is 88.7 Å². The Morgan fingerprint density at radius 3 is 2.02 bits per heavy atom. The number of fused-ring (bicyclic) bond motifs is 7. The van der Waals surface area contributed by atoms with Crippen molar-refractivity contribution in [2.24, 2.45) is 0 Å². The van der Waals surface area contributed by atoms with E-state index in [1.807, 2.05) is 78.9 Å². The predicted molar refractivity (Wildman–Crippen MR) is 247 cm³/mol. The monoisotopic (exact) mass is 1010 g/mol. The zero-order chi connectivity index (χ0) is 41.6. The van der Waals surface area contributed by atoms with Crippen LogP contribution in [-0.4, -0.2) is 19.1 Å². The Labute approximate surface area is 377 Å². The molecule has 0 N–H and O–H groups in total. The number of benzene rings is 7. The Kier molecular flexibility index (Phi) is 10.2. The third-order valence-electron chi connectivity index (χ3n) is 12.2. The third kappa shape index (κ3) is 6.54. The summed E-state index contributed by atoms with van der Waals surface area (Å²) in [5, 5.41) is 3.88. The summed E-state index contributed by atoms with van der Waals surface area (Å²) in [7, 11) is 0. The summed E-state index contributed by atoms with van der Waals surface area (Å²) in [6.45, 7) is 9.16. The summed E-state index contributed by atoms with van der Waals surface area (Å²) < 4.78 is 46.2. The van der Waals surface area contributed by atoms with Gasteiger partial charge in [-0.1, -0.05) is 129 Å². The Hall–Kier alpha value is -6.89. The molecular formula is C54H39F3N5Pt-3. The van der Waals surface area contributed by atoms with Gasteiger partial charge in [0.05, 0.1) is 16.6 Å². The Balaban J connectivity index is 0.00000252. The number of aromatic nitrogens is 5. The number of alkyl halides is 3. The molecule has 63 heavy (non-hydrogen) atoms. The van der Waals surface area contributed by atoms with Crippen LogP contribution in [0.5, 0.6) is 0 Å². The van der Waals surface area contributed by atoms with Crippen LogP contribution in [0, 0.1) is 14.4 Å². The molecule has 0 bridgehead atoms. The Morgan fingerprint density at radius 1 is 0.571 bits per heavy atom. The first-order chi connectivity index (χ1) is 29.6. The zero-order valence-electron chi connectivity index (χ0n) is 34.6. The summed E-state index contributed by atoms with van der Waals surface area (Å²) in [6, 6.07) is 53.6. The molecule has 5 nitrogen and oxygen atoms in total. The smallest absolute Gasteiger partial charge is 0.416 e. The molecule has 0 radical (unpaired) electrons. The quantitative estimate of drug-likeness (QED) is 0.156. The van der Waals surface area contributed by atoms with Gasteiger partial charge in [0.1, 0.15) is 11.6 Å². The molecule has 0 amide bonds. The van der Waals surface area contributed by atoms with Crippen molar-refractivity contribution in [3.63, 3.8) is 0 Å². The maximum absolute atomic E-state index is 14.1. The van der Waals surface area contributed by atoms with Crippen LogP contribution < -0.4 is 4.98 Å². The van der Waals surface area contributed by atoms with Crippen molar-refractivity contribution in [2.45, 2.75) is 25.4 Å². The fourth-order valence-corrected chi connectivity index (χ4v) is 9.10. The second-order valence-corrected chi connectivity index (χ2v) is 16.1. The van der Waals surface area contributed by atoms with Crippen molar-refractivity contribution < 1.29 is 34.2 Å². The van der Waals surface area contributed by atoms with Crippen molar-refractivity contribution in [1.29, 1.82) is 0 Å². The Bertz CT molecular complexity index is 3510. The van der Waals surface area contributed by atoms with Crippen molar-refractivity contribution in [3.05, 3.63) is 207 Å². The minimum Gasteiger partial charge on any atom is -0.656 e. The molecule has 0 spiro atoms. The maximum Gasteiger partial charge on any atom is 0.416 e. The van der Waals surface area contributed by atoms with E-state index in [1.54, 1.807) is 4.57 Å². The van der Waals surface area contributed by atoms with Crippen molar-refractivity contribution in [2.75, 3.05) is 0 Å². The molecule has 11 aromatic rings. The molecule has 0 aliphatic heterocycles. The average Bonchev–Trinajstić information content (AvgIpc) is 3.97. The van der Waals surface area contributed by atoms with Crippen molar-refractivity contribution >= 4 is 54.6 Å². The SMILES string of the molecule is [CH2-]c1c(-c2cccc3c2nc(-c2cc(C(C)(C)c4ccccc4)cc4c2[n-]c2ccccc24)n3-c2ccccc2)ccc2c3ccccc3n(-c3cc(C(F)(F)F)ccn3)c12.[CH3-].[Pt]. The minimum atomic E-state index is -4.53. The van der Waals surface area contributed by atoms with Crippen LogP contribution in [0.3, 0.4) is 0 Å². The molecule has 4 heterocycles.